The van der Waals surface area contributed by atoms with Crippen LogP contribution in [-0.2, 0) is 5.54 Å². The van der Waals surface area contributed by atoms with Gasteiger partial charge >= 0.3 is 0 Å². The Hall–Kier alpha value is -0.360. The van der Waals surface area contributed by atoms with Crippen LogP contribution in [0.2, 0.25) is 5.02 Å². The molecule has 2 rings (SSSR count). The first-order chi connectivity index (χ1) is 7.30. The fraction of sp³-hybridized carbons (Fsp3) is 0.455. The van der Waals surface area contributed by atoms with Crippen LogP contribution in [0.4, 0.5) is 0 Å². The highest BCUT2D eigenvalue weighted by molar-refractivity contribution is 14.1. The minimum Gasteiger partial charge on any atom is -0.326 e. The van der Waals surface area contributed by atoms with Crippen LogP contribution in [0.25, 0.3) is 11.0 Å². The average molecular weight is 350 g/mol. The van der Waals surface area contributed by atoms with Crippen LogP contribution in [0, 0.1) is 10.6 Å². The summed E-state index contributed by atoms with van der Waals surface area (Å²) in [5, 5.41) is 1.66. The first-order valence-electron chi connectivity index (χ1n) is 5.02. The van der Waals surface area contributed by atoms with E-state index < -0.39 is 0 Å². The number of rotatable bonds is 0. The van der Waals surface area contributed by atoms with Crippen molar-refractivity contribution >= 4 is 45.2 Å². The second kappa shape index (κ2) is 3.84. The molecule has 3 nitrogen and oxygen atoms in total. The third-order valence-corrected chi connectivity index (χ3v) is 3.46. The molecule has 0 unspecified atom stereocenters. The highest BCUT2D eigenvalue weighted by Gasteiger charge is 2.20. The van der Waals surface area contributed by atoms with E-state index in [-0.39, 0.29) is 5.54 Å². The molecule has 0 bridgehead atoms. The Bertz CT molecular complexity index is 554. The van der Waals surface area contributed by atoms with Crippen molar-refractivity contribution in [2.45, 2.75) is 33.2 Å². The fourth-order valence-corrected chi connectivity index (χ4v) is 2.97. The van der Waals surface area contributed by atoms with Crippen molar-refractivity contribution in [3.63, 3.8) is 0 Å². The predicted octanol–water partition coefficient (Wildman–Crippen LogP) is 3.75. The molecular formula is C11H13ClIN3. The number of halogens is 2. The van der Waals surface area contributed by atoms with E-state index in [4.69, 9.17) is 11.6 Å². The van der Waals surface area contributed by atoms with Gasteiger partial charge in [0, 0.05) is 11.7 Å². The molecule has 0 N–H and O–H groups in total. The van der Waals surface area contributed by atoms with E-state index >= 15 is 0 Å². The maximum atomic E-state index is 6.24. The summed E-state index contributed by atoms with van der Waals surface area (Å²) in [5.41, 5.74) is 0.879. The Morgan fingerprint density at radius 3 is 2.50 bits per heavy atom. The van der Waals surface area contributed by atoms with Crippen LogP contribution in [0.15, 0.2) is 6.20 Å². The lowest BCUT2D eigenvalue weighted by molar-refractivity contribution is 0.408. The summed E-state index contributed by atoms with van der Waals surface area (Å²) in [7, 11) is 0. The van der Waals surface area contributed by atoms with Gasteiger partial charge in [-0.25, -0.2) is 9.97 Å². The molecule has 0 aromatic carbocycles. The highest BCUT2D eigenvalue weighted by Crippen LogP contribution is 2.31. The normalized spacial score (nSPS) is 12.4. The topological polar surface area (TPSA) is 30.7 Å². The summed E-state index contributed by atoms with van der Waals surface area (Å²) in [6.07, 6.45) is 1.93. The summed E-state index contributed by atoms with van der Waals surface area (Å²) in [4.78, 5) is 8.82. The van der Waals surface area contributed by atoms with Gasteiger partial charge in [-0.1, -0.05) is 11.6 Å². The first-order valence-corrected chi connectivity index (χ1v) is 6.47. The maximum Gasteiger partial charge on any atom is 0.146 e. The molecule has 0 saturated heterocycles. The average Bonchev–Trinajstić information content (AvgIpc) is 2.41. The van der Waals surface area contributed by atoms with Crippen molar-refractivity contribution in [1.29, 1.82) is 0 Å². The zero-order chi connectivity index (χ0) is 12.1. The number of aryl methyl sites for hydroxylation is 1. The Kier molecular flexibility index (Phi) is 2.90. The Balaban J connectivity index is 2.89. The number of hydrogen-bond donors (Lipinski definition) is 0. The predicted molar refractivity (Wildman–Crippen MR) is 75.0 cm³/mol. The van der Waals surface area contributed by atoms with Crippen LogP contribution >= 0.6 is 34.2 Å². The molecule has 86 valence electrons. The van der Waals surface area contributed by atoms with Gasteiger partial charge in [0.1, 0.15) is 15.2 Å². The molecule has 0 fully saturated rings. The first kappa shape index (κ1) is 12.1. The van der Waals surface area contributed by atoms with Crippen LogP contribution in [0.5, 0.6) is 0 Å². The van der Waals surface area contributed by atoms with E-state index in [1.807, 2.05) is 13.1 Å². The fourth-order valence-electron chi connectivity index (χ4n) is 1.65. The van der Waals surface area contributed by atoms with Gasteiger partial charge in [-0.2, -0.15) is 0 Å². The summed E-state index contributed by atoms with van der Waals surface area (Å²) in [5.74, 6) is 0.775. The molecule has 0 aliphatic heterocycles. The van der Waals surface area contributed by atoms with Crippen molar-refractivity contribution in [3.8, 4) is 0 Å². The van der Waals surface area contributed by atoms with Crippen LogP contribution in [-0.4, -0.2) is 14.5 Å². The highest BCUT2D eigenvalue weighted by atomic mass is 127. The number of aromatic nitrogens is 3. The summed E-state index contributed by atoms with van der Waals surface area (Å²) >= 11 is 8.44. The zero-order valence-electron chi connectivity index (χ0n) is 9.67. The van der Waals surface area contributed by atoms with Crippen LogP contribution in [0.1, 0.15) is 26.6 Å². The van der Waals surface area contributed by atoms with Gasteiger partial charge in [0.05, 0.1) is 10.4 Å². The molecule has 0 saturated carbocycles. The molecule has 0 radical (unpaired) electrons. The molecule has 0 amide bonds. The molecule has 0 aliphatic rings. The Morgan fingerprint density at radius 2 is 1.94 bits per heavy atom. The van der Waals surface area contributed by atoms with Gasteiger partial charge < -0.3 is 4.57 Å². The lowest BCUT2D eigenvalue weighted by Crippen LogP contribution is -2.21. The molecule has 5 heteroatoms. The van der Waals surface area contributed by atoms with Gasteiger partial charge in [0.15, 0.2) is 0 Å². The standard InChI is InChI=1S/C11H13ClIN3/c1-6-14-9(13)8-7(12)5-16(10(8)15-6)11(2,3)4/h5H,1-4H3. The van der Waals surface area contributed by atoms with Crippen molar-refractivity contribution in [1.82, 2.24) is 14.5 Å². The molecule has 2 aromatic heterocycles. The largest absolute Gasteiger partial charge is 0.326 e. The summed E-state index contributed by atoms with van der Waals surface area (Å²) in [6, 6.07) is 0. The number of hydrogen-bond acceptors (Lipinski definition) is 2. The molecular weight excluding hydrogens is 336 g/mol. The molecule has 2 aromatic rings. The van der Waals surface area contributed by atoms with Gasteiger partial charge in [0.25, 0.3) is 0 Å². The van der Waals surface area contributed by atoms with Crippen molar-refractivity contribution in [2.24, 2.45) is 0 Å². The van der Waals surface area contributed by atoms with Gasteiger partial charge in [-0.05, 0) is 50.3 Å². The smallest absolute Gasteiger partial charge is 0.146 e. The van der Waals surface area contributed by atoms with Crippen LogP contribution < -0.4 is 0 Å². The third-order valence-electron chi connectivity index (χ3n) is 2.39. The molecule has 0 atom stereocenters. The monoisotopic (exact) mass is 349 g/mol. The SMILES string of the molecule is Cc1nc(I)c2c(Cl)cn(C(C)(C)C)c2n1. The van der Waals surface area contributed by atoms with Gasteiger partial charge in [-0.3, -0.25) is 0 Å². The van der Waals surface area contributed by atoms with E-state index in [0.29, 0.717) is 5.02 Å². The summed E-state index contributed by atoms with van der Waals surface area (Å²) in [6.45, 7) is 8.29. The quantitative estimate of drug-likeness (QED) is 0.536. The maximum absolute atomic E-state index is 6.24. The molecule has 2 heterocycles. The summed E-state index contributed by atoms with van der Waals surface area (Å²) < 4.78 is 3.01. The number of fused-ring (bicyclic) bond motifs is 1. The number of nitrogens with zero attached hydrogens (tertiary/aromatic N) is 3. The Labute approximate surface area is 113 Å². The van der Waals surface area contributed by atoms with Crippen molar-refractivity contribution in [3.05, 3.63) is 20.7 Å². The minimum atomic E-state index is -0.0325. The minimum absolute atomic E-state index is 0.0325. The van der Waals surface area contributed by atoms with Gasteiger partial charge in [0.2, 0.25) is 0 Å². The molecule has 0 spiro atoms. The zero-order valence-corrected chi connectivity index (χ0v) is 12.6. The van der Waals surface area contributed by atoms with E-state index in [9.17, 15) is 0 Å². The second-order valence-electron chi connectivity index (χ2n) is 4.78. The lowest BCUT2D eigenvalue weighted by Gasteiger charge is -2.21. The van der Waals surface area contributed by atoms with Crippen molar-refractivity contribution < 1.29 is 0 Å². The van der Waals surface area contributed by atoms with E-state index in [1.54, 1.807) is 0 Å². The van der Waals surface area contributed by atoms with E-state index in [1.165, 1.54) is 0 Å². The van der Waals surface area contributed by atoms with E-state index in [0.717, 1.165) is 20.6 Å². The van der Waals surface area contributed by atoms with Crippen LogP contribution in [0.3, 0.4) is 0 Å². The third kappa shape index (κ3) is 1.93. The Morgan fingerprint density at radius 1 is 1.31 bits per heavy atom. The van der Waals surface area contributed by atoms with Crippen molar-refractivity contribution in [2.75, 3.05) is 0 Å². The molecule has 0 aliphatic carbocycles. The second-order valence-corrected chi connectivity index (χ2v) is 6.21. The lowest BCUT2D eigenvalue weighted by atomic mass is 10.1. The van der Waals surface area contributed by atoms with E-state index in [2.05, 4.69) is 57.9 Å². The van der Waals surface area contributed by atoms with Gasteiger partial charge in [-0.15, -0.1) is 0 Å². The molecule has 16 heavy (non-hydrogen) atoms.